The summed E-state index contributed by atoms with van der Waals surface area (Å²) in [5.74, 6) is -4.13. The van der Waals surface area contributed by atoms with Gasteiger partial charge in [0, 0.05) is 12.8 Å². The predicted molar refractivity (Wildman–Crippen MR) is 97.8 cm³/mol. The molecule has 0 saturated carbocycles. The summed E-state index contributed by atoms with van der Waals surface area (Å²) in [5.41, 5.74) is 10.9. The number of thioether (sulfide) groups is 1. The van der Waals surface area contributed by atoms with Gasteiger partial charge in [-0.1, -0.05) is 0 Å². The summed E-state index contributed by atoms with van der Waals surface area (Å²) in [7, 11) is 0. The quantitative estimate of drug-likeness (QED) is 0.193. The van der Waals surface area contributed by atoms with Crippen LogP contribution in [0.3, 0.4) is 0 Å². The average molecular weight is 406 g/mol. The number of nitrogens with one attached hydrogen (secondary N) is 2. The fourth-order valence-corrected chi connectivity index (χ4v) is 2.51. The van der Waals surface area contributed by atoms with Crippen LogP contribution in [-0.4, -0.2) is 70.0 Å². The zero-order valence-corrected chi connectivity index (χ0v) is 15.8. The third kappa shape index (κ3) is 11.1. The van der Waals surface area contributed by atoms with Gasteiger partial charge >= 0.3 is 11.9 Å². The van der Waals surface area contributed by atoms with Gasteiger partial charge in [-0.2, -0.15) is 11.8 Å². The Morgan fingerprint density at radius 2 is 1.37 bits per heavy atom. The van der Waals surface area contributed by atoms with Crippen molar-refractivity contribution < 1.29 is 34.2 Å². The van der Waals surface area contributed by atoms with E-state index in [0.29, 0.717) is 12.2 Å². The molecule has 0 aliphatic heterocycles. The Hall–Kier alpha value is -2.34. The first kappa shape index (κ1) is 24.7. The lowest BCUT2D eigenvalue weighted by Crippen LogP contribution is -2.55. The molecule has 0 bridgehead atoms. The lowest BCUT2D eigenvalue weighted by atomic mass is 10.1. The highest BCUT2D eigenvalue weighted by Gasteiger charge is 2.27. The summed E-state index contributed by atoms with van der Waals surface area (Å²) < 4.78 is 0. The largest absolute Gasteiger partial charge is 0.481 e. The Balaban J connectivity index is 5.04. The highest BCUT2D eigenvalue weighted by molar-refractivity contribution is 7.98. The molecule has 11 nitrogen and oxygen atoms in total. The molecule has 0 spiro atoms. The van der Waals surface area contributed by atoms with Crippen LogP contribution in [0.25, 0.3) is 0 Å². The molecule has 3 atom stereocenters. The van der Waals surface area contributed by atoms with E-state index in [-0.39, 0.29) is 12.8 Å². The number of nitrogens with two attached hydrogens (primary N) is 2. The Labute approximate surface area is 160 Å². The van der Waals surface area contributed by atoms with Gasteiger partial charge in [0.15, 0.2) is 0 Å². The van der Waals surface area contributed by atoms with Crippen molar-refractivity contribution in [3.8, 4) is 0 Å². The number of rotatable bonds is 14. The van der Waals surface area contributed by atoms with Crippen molar-refractivity contribution in [1.29, 1.82) is 0 Å². The van der Waals surface area contributed by atoms with E-state index in [2.05, 4.69) is 10.6 Å². The molecule has 0 unspecified atom stereocenters. The van der Waals surface area contributed by atoms with Gasteiger partial charge in [-0.3, -0.25) is 24.0 Å². The molecule has 0 aromatic heterocycles. The molecule has 0 saturated heterocycles. The molecule has 12 heteroatoms. The average Bonchev–Trinajstić information content (AvgIpc) is 2.58. The van der Waals surface area contributed by atoms with Gasteiger partial charge in [-0.15, -0.1) is 0 Å². The van der Waals surface area contributed by atoms with Crippen molar-refractivity contribution >= 4 is 41.4 Å². The SMILES string of the molecule is CSCC[C@@H](N)C(=O)N[C@@H](CCC(=O)O)C(=O)N[C@@H](CCC(=O)O)C(N)=O. The minimum Gasteiger partial charge on any atom is -0.481 e. The molecule has 0 aromatic carbocycles. The Bertz CT molecular complexity index is 558. The second-order valence-corrected chi connectivity index (χ2v) is 6.76. The monoisotopic (exact) mass is 406 g/mol. The first-order chi connectivity index (χ1) is 12.6. The van der Waals surface area contributed by atoms with Crippen molar-refractivity contribution in [2.75, 3.05) is 12.0 Å². The summed E-state index contributed by atoms with van der Waals surface area (Å²) in [5, 5.41) is 22.1. The van der Waals surface area contributed by atoms with E-state index in [1.165, 1.54) is 11.8 Å². The zero-order chi connectivity index (χ0) is 21.0. The highest BCUT2D eigenvalue weighted by atomic mass is 32.2. The van der Waals surface area contributed by atoms with Gasteiger partial charge in [-0.25, -0.2) is 0 Å². The van der Waals surface area contributed by atoms with Crippen LogP contribution >= 0.6 is 11.8 Å². The first-order valence-electron chi connectivity index (χ1n) is 8.16. The van der Waals surface area contributed by atoms with Gasteiger partial charge in [0.1, 0.15) is 12.1 Å². The van der Waals surface area contributed by atoms with Crippen LogP contribution in [0.2, 0.25) is 0 Å². The van der Waals surface area contributed by atoms with Crippen LogP contribution in [0.5, 0.6) is 0 Å². The van der Waals surface area contributed by atoms with Gasteiger partial charge in [0.2, 0.25) is 17.7 Å². The van der Waals surface area contributed by atoms with Crippen molar-refractivity contribution in [2.24, 2.45) is 11.5 Å². The molecule has 0 aliphatic carbocycles. The fourth-order valence-electron chi connectivity index (χ4n) is 2.02. The molecule has 0 heterocycles. The standard InChI is InChI=1S/C15H26N4O7S/c1-27-7-6-8(16)14(25)19-10(3-5-12(22)23)15(26)18-9(13(17)24)2-4-11(20)21/h8-10H,2-7,16H2,1H3,(H2,17,24)(H,18,26)(H,19,25)(H,20,21)(H,22,23)/t8-,9+,10+/m1/s1. The Kier molecular flexibility index (Phi) is 11.8. The zero-order valence-electron chi connectivity index (χ0n) is 15.0. The van der Waals surface area contributed by atoms with Crippen LogP contribution in [0, 0.1) is 0 Å². The molecule has 0 fully saturated rings. The summed E-state index contributed by atoms with van der Waals surface area (Å²) in [6.07, 6.45) is 0.932. The minimum atomic E-state index is -1.26. The van der Waals surface area contributed by atoms with Crippen molar-refractivity contribution in [3.05, 3.63) is 0 Å². The van der Waals surface area contributed by atoms with E-state index < -0.39 is 60.6 Å². The molecule has 3 amide bonds. The molecule has 0 aromatic rings. The molecule has 8 N–H and O–H groups in total. The number of carbonyl (C=O) groups excluding carboxylic acids is 3. The van der Waals surface area contributed by atoms with E-state index >= 15 is 0 Å². The maximum absolute atomic E-state index is 12.4. The maximum atomic E-state index is 12.4. The molecular weight excluding hydrogens is 380 g/mol. The number of carbonyl (C=O) groups is 5. The normalized spacial score (nSPS) is 13.9. The van der Waals surface area contributed by atoms with Crippen molar-refractivity contribution in [2.45, 2.75) is 50.2 Å². The third-order valence-electron chi connectivity index (χ3n) is 3.56. The lowest BCUT2D eigenvalue weighted by molar-refractivity contribution is -0.139. The fraction of sp³-hybridized carbons (Fsp3) is 0.667. The third-order valence-corrected chi connectivity index (χ3v) is 4.20. The summed E-state index contributed by atoms with van der Waals surface area (Å²) >= 11 is 1.49. The van der Waals surface area contributed by atoms with Crippen LogP contribution in [0.15, 0.2) is 0 Å². The number of hydrogen-bond acceptors (Lipinski definition) is 7. The molecule has 0 aliphatic rings. The summed E-state index contributed by atoms with van der Waals surface area (Å²) in [4.78, 5) is 57.3. The molecule has 0 rings (SSSR count). The highest BCUT2D eigenvalue weighted by Crippen LogP contribution is 2.04. The second kappa shape index (κ2) is 12.9. The molecular formula is C15H26N4O7S. The van der Waals surface area contributed by atoms with E-state index in [9.17, 15) is 24.0 Å². The maximum Gasteiger partial charge on any atom is 0.303 e. The number of hydrogen-bond donors (Lipinski definition) is 6. The van der Waals surface area contributed by atoms with Gasteiger partial charge in [0.05, 0.1) is 6.04 Å². The predicted octanol–water partition coefficient (Wildman–Crippen LogP) is -1.75. The molecule has 154 valence electrons. The molecule has 27 heavy (non-hydrogen) atoms. The summed E-state index contributed by atoms with van der Waals surface area (Å²) in [6, 6.07) is -3.39. The van der Waals surface area contributed by atoms with Crippen molar-refractivity contribution in [3.63, 3.8) is 0 Å². The van der Waals surface area contributed by atoms with Gasteiger partial charge in [0.25, 0.3) is 0 Å². The Morgan fingerprint density at radius 3 is 1.81 bits per heavy atom. The van der Waals surface area contributed by atoms with Crippen LogP contribution in [0.1, 0.15) is 32.1 Å². The summed E-state index contributed by atoms with van der Waals surface area (Å²) in [6.45, 7) is 0. The van der Waals surface area contributed by atoms with Crippen LogP contribution in [-0.2, 0) is 24.0 Å². The van der Waals surface area contributed by atoms with E-state index in [1.54, 1.807) is 0 Å². The lowest BCUT2D eigenvalue weighted by Gasteiger charge is -2.22. The van der Waals surface area contributed by atoms with Crippen molar-refractivity contribution in [1.82, 2.24) is 10.6 Å². The number of aliphatic carboxylic acids is 2. The van der Waals surface area contributed by atoms with E-state index in [0.717, 1.165) is 0 Å². The smallest absolute Gasteiger partial charge is 0.303 e. The second-order valence-electron chi connectivity index (χ2n) is 5.78. The van der Waals surface area contributed by atoms with E-state index in [1.807, 2.05) is 6.26 Å². The topological polar surface area (TPSA) is 202 Å². The van der Waals surface area contributed by atoms with E-state index in [4.69, 9.17) is 21.7 Å². The number of primary amides is 1. The van der Waals surface area contributed by atoms with Crippen LogP contribution in [0.4, 0.5) is 0 Å². The van der Waals surface area contributed by atoms with Gasteiger partial charge < -0.3 is 32.3 Å². The van der Waals surface area contributed by atoms with Gasteiger partial charge in [-0.05, 0) is 31.3 Å². The number of amides is 3. The molecule has 0 radical (unpaired) electrons. The first-order valence-corrected chi connectivity index (χ1v) is 9.56. The Morgan fingerprint density at radius 1 is 0.889 bits per heavy atom. The number of carboxylic acid groups (broad SMARTS) is 2. The van der Waals surface area contributed by atoms with Crippen LogP contribution < -0.4 is 22.1 Å². The minimum absolute atomic E-state index is 0.230. The number of carboxylic acids is 2.